The molecule has 1 atom stereocenters. The second-order valence-electron chi connectivity index (χ2n) is 7.37. The maximum Gasteiger partial charge on any atom is 0.295 e. The molecule has 3 aromatic rings. The summed E-state index contributed by atoms with van der Waals surface area (Å²) in [6.07, 6.45) is 0.603. The third-order valence-electron chi connectivity index (χ3n) is 5.50. The fraction of sp³-hybridized carbons (Fsp3) is 0.154. The van der Waals surface area contributed by atoms with Crippen LogP contribution in [0.4, 0.5) is 0 Å². The van der Waals surface area contributed by atoms with Gasteiger partial charge in [0.25, 0.3) is 11.7 Å². The minimum atomic E-state index is -0.671. The summed E-state index contributed by atoms with van der Waals surface area (Å²) in [5.74, 6) is -0.764. The largest absolute Gasteiger partial charge is 0.507 e. The Kier molecular flexibility index (Phi) is 5.85. The summed E-state index contributed by atoms with van der Waals surface area (Å²) < 4.78 is 5.24. The number of likely N-dealkylation sites (tertiary alicyclic amines) is 1. The van der Waals surface area contributed by atoms with Gasteiger partial charge in [-0.3, -0.25) is 9.59 Å². The number of carbonyl (C=O) groups excluding carboxylic acids is 2. The molecule has 0 unspecified atom stereocenters. The summed E-state index contributed by atoms with van der Waals surface area (Å²) in [6, 6.07) is 25.2. The number of carbonyl (C=O) groups is 2. The molecule has 1 aliphatic rings. The van der Waals surface area contributed by atoms with E-state index in [1.165, 1.54) is 0 Å². The molecular weight excluding hydrogens is 390 g/mol. The zero-order valence-electron chi connectivity index (χ0n) is 17.2. The Labute approximate surface area is 181 Å². The van der Waals surface area contributed by atoms with Gasteiger partial charge in [-0.25, -0.2) is 0 Å². The lowest BCUT2D eigenvalue weighted by molar-refractivity contribution is -0.139. The SMILES string of the molecule is COc1ccc([C@H]2/C(=C(\O)c3ccccc3)C(=O)C(=O)N2CCc2ccccc2)cc1. The molecule has 156 valence electrons. The molecule has 4 rings (SSSR count). The number of hydrogen-bond acceptors (Lipinski definition) is 4. The average molecular weight is 413 g/mol. The fourth-order valence-corrected chi connectivity index (χ4v) is 3.89. The van der Waals surface area contributed by atoms with Crippen LogP contribution in [-0.4, -0.2) is 35.4 Å². The van der Waals surface area contributed by atoms with E-state index in [1.807, 2.05) is 48.5 Å². The lowest BCUT2D eigenvalue weighted by Gasteiger charge is -2.25. The minimum Gasteiger partial charge on any atom is -0.507 e. The van der Waals surface area contributed by atoms with Crippen LogP contribution in [0.5, 0.6) is 5.75 Å². The number of ketones is 1. The van der Waals surface area contributed by atoms with E-state index in [2.05, 4.69) is 0 Å². The van der Waals surface area contributed by atoms with Crippen LogP contribution >= 0.6 is 0 Å². The van der Waals surface area contributed by atoms with Crippen molar-refractivity contribution in [2.45, 2.75) is 12.5 Å². The van der Waals surface area contributed by atoms with Gasteiger partial charge in [0.1, 0.15) is 11.5 Å². The van der Waals surface area contributed by atoms with Crippen molar-refractivity contribution in [1.82, 2.24) is 4.90 Å². The number of rotatable bonds is 6. The van der Waals surface area contributed by atoms with Crippen molar-refractivity contribution in [3.63, 3.8) is 0 Å². The number of hydrogen-bond donors (Lipinski definition) is 1. The number of amides is 1. The van der Waals surface area contributed by atoms with E-state index >= 15 is 0 Å². The van der Waals surface area contributed by atoms with Gasteiger partial charge in [0.2, 0.25) is 0 Å². The molecule has 1 aliphatic heterocycles. The van der Waals surface area contributed by atoms with Crippen LogP contribution in [0, 0.1) is 0 Å². The number of benzene rings is 3. The summed E-state index contributed by atoms with van der Waals surface area (Å²) in [5, 5.41) is 11.0. The Morgan fingerprint density at radius 1 is 0.903 bits per heavy atom. The number of nitrogens with zero attached hydrogens (tertiary/aromatic N) is 1. The molecule has 0 spiro atoms. The summed E-state index contributed by atoms with van der Waals surface area (Å²) in [5.41, 5.74) is 2.42. The first-order valence-electron chi connectivity index (χ1n) is 10.1. The lowest BCUT2D eigenvalue weighted by Crippen LogP contribution is -2.31. The van der Waals surface area contributed by atoms with Crippen LogP contribution in [0.1, 0.15) is 22.7 Å². The first-order valence-corrected chi connectivity index (χ1v) is 10.1. The van der Waals surface area contributed by atoms with Crippen molar-refractivity contribution in [2.75, 3.05) is 13.7 Å². The fourth-order valence-electron chi connectivity index (χ4n) is 3.89. The highest BCUT2D eigenvalue weighted by Crippen LogP contribution is 2.39. The van der Waals surface area contributed by atoms with Crippen LogP contribution in [0.15, 0.2) is 90.5 Å². The van der Waals surface area contributed by atoms with E-state index < -0.39 is 17.7 Å². The quantitative estimate of drug-likeness (QED) is 0.370. The Morgan fingerprint density at radius 3 is 2.13 bits per heavy atom. The summed E-state index contributed by atoms with van der Waals surface area (Å²) in [6.45, 7) is 0.358. The molecule has 31 heavy (non-hydrogen) atoms. The predicted molar refractivity (Wildman–Crippen MR) is 119 cm³/mol. The van der Waals surface area contributed by atoms with Crippen molar-refractivity contribution in [3.8, 4) is 5.75 Å². The van der Waals surface area contributed by atoms with E-state index in [0.717, 1.165) is 11.1 Å². The highest BCUT2D eigenvalue weighted by atomic mass is 16.5. The second kappa shape index (κ2) is 8.88. The molecule has 3 aromatic carbocycles. The van der Waals surface area contributed by atoms with Gasteiger partial charge in [0, 0.05) is 12.1 Å². The maximum atomic E-state index is 13.0. The smallest absolute Gasteiger partial charge is 0.295 e. The van der Waals surface area contributed by atoms with Crippen molar-refractivity contribution in [2.24, 2.45) is 0 Å². The molecule has 0 radical (unpaired) electrons. The monoisotopic (exact) mass is 413 g/mol. The molecule has 5 nitrogen and oxygen atoms in total. The van der Waals surface area contributed by atoms with Crippen molar-refractivity contribution in [1.29, 1.82) is 0 Å². The highest BCUT2D eigenvalue weighted by Gasteiger charge is 2.45. The van der Waals surface area contributed by atoms with Gasteiger partial charge in [0.05, 0.1) is 18.7 Å². The van der Waals surface area contributed by atoms with Gasteiger partial charge in [-0.05, 0) is 29.7 Å². The molecule has 1 fully saturated rings. The van der Waals surface area contributed by atoms with Crippen molar-refractivity contribution in [3.05, 3.63) is 107 Å². The van der Waals surface area contributed by atoms with Crippen molar-refractivity contribution >= 4 is 17.4 Å². The third-order valence-corrected chi connectivity index (χ3v) is 5.50. The van der Waals surface area contributed by atoms with Gasteiger partial charge in [-0.2, -0.15) is 0 Å². The van der Waals surface area contributed by atoms with Crippen LogP contribution < -0.4 is 4.74 Å². The topological polar surface area (TPSA) is 66.8 Å². The first kappa shape index (κ1) is 20.4. The van der Waals surface area contributed by atoms with Crippen LogP contribution in [0.25, 0.3) is 5.76 Å². The van der Waals surface area contributed by atoms with Gasteiger partial charge >= 0.3 is 0 Å². The second-order valence-corrected chi connectivity index (χ2v) is 7.37. The van der Waals surface area contributed by atoms with Gasteiger partial charge in [-0.15, -0.1) is 0 Å². The molecule has 1 heterocycles. The number of ether oxygens (including phenoxy) is 1. The van der Waals surface area contributed by atoms with E-state index in [4.69, 9.17) is 4.74 Å². The Bertz CT molecular complexity index is 1110. The highest BCUT2D eigenvalue weighted by molar-refractivity contribution is 6.46. The van der Waals surface area contributed by atoms with E-state index in [9.17, 15) is 14.7 Å². The van der Waals surface area contributed by atoms with E-state index in [1.54, 1.807) is 48.4 Å². The number of aliphatic hydroxyl groups excluding tert-OH is 1. The van der Waals surface area contributed by atoms with Gasteiger partial charge < -0.3 is 14.7 Å². The van der Waals surface area contributed by atoms with Crippen molar-refractivity contribution < 1.29 is 19.4 Å². The summed E-state index contributed by atoms with van der Waals surface area (Å²) >= 11 is 0. The maximum absolute atomic E-state index is 13.0. The molecule has 1 amide bonds. The number of aliphatic hydroxyl groups is 1. The Morgan fingerprint density at radius 2 is 1.52 bits per heavy atom. The molecule has 0 aromatic heterocycles. The summed E-state index contributed by atoms with van der Waals surface area (Å²) in [4.78, 5) is 27.5. The van der Waals surface area contributed by atoms with Crippen LogP contribution in [0.3, 0.4) is 0 Å². The predicted octanol–water partition coefficient (Wildman–Crippen LogP) is 4.36. The molecule has 1 N–H and O–H groups in total. The Balaban J connectivity index is 1.77. The average Bonchev–Trinajstić information content (AvgIpc) is 3.08. The van der Waals surface area contributed by atoms with Gasteiger partial charge in [-0.1, -0.05) is 72.8 Å². The Hall–Kier alpha value is -3.86. The number of methoxy groups -OCH3 is 1. The molecular formula is C26H23NO4. The first-order chi connectivity index (χ1) is 15.1. The molecule has 1 saturated heterocycles. The van der Waals surface area contributed by atoms with Crippen LogP contribution in [0.2, 0.25) is 0 Å². The zero-order chi connectivity index (χ0) is 21.8. The van der Waals surface area contributed by atoms with E-state index in [-0.39, 0.29) is 11.3 Å². The molecule has 0 saturated carbocycles. The summed E-state index contributed by atoms with van der Waals surface area (Å²) in [7, 11) is 1.58. The zero-order valence-corrected chi connectivity index (χ0v) is 17.2. The number of Topliss-reactive ketones (excluding diaryl/α,β-unsaturated/α-hetero) is 1. The van der Waals surface area contributed by atoms with Gasteiger partial charge in [0.15, 0.2) is 0 Å². The molecule has 0 aliphatic carbocycles. The third kappa shape index (κ3) is 4.08. The molecule has 0 bridgehead atoms. The lowest BCUT2D eigenvalue weighted by atomic mass is 9.95. The van der Waals surface area contributed by atoms with E-state index in [0.29, 0.717) is 24.3 Å². The normalized spacial score (nSPS) is 17.7. The standard InChI is InChI=1S/C26H23NO4/c1-31-21-14-12-19(13-15-21)23-22(24(28)20-10-6-3-7-11-20)25(29)26(30)27(23)17-16-18-8-4-2-5-9-18/h2-15,23,28H,16-17H2,1H3/b24-22+/t23-/m0/s1. The minimum absolute atomic E-state index is 0.106. The molecule has 5 heteroatoms. The van der Waals surface area contributed by atoms with Crippen LogP contribution in [-0.2, 0) is 16.0 Å².